The second kappa shape index (κ2) is 11.1. The minimum absolute atomic E-state index is 0.0235. The van der Waals surface area contributed by atoms with Crippen molar-refractivity contribution in [1.82, 2.24) is 30.3 Å². The van der Waals surface area contributed by atoms with Crippen molar-refractivity contribution in [2.45, 2.75) is 69.7 Å². The van der Waals surface area contributed by atoms with Gasteiger partial charge in [-0.05, 0) is 50.5 Å². The number of alkyl halides is 3. The van der Waals surface area contributed by atoms with E-state index in [2.05, 4.69) is 15.4 Å². The van der Waals surface area contributed by atoms with Gasteiger partial charge in [0.25, 0.3) is 5.91 Å². The number of rotatable bonds is 11. The first-order valence-electron chi connectivity index (χ1n) is 13.1. The standard InChI is InChI=1S/C26H31F3N6O5/c1-4-35-18(9-10-30-35)23(36)33-22(14(2)39-16-6-7-16)24-31-17-11-15(5-8-20(17)40-24)19(13-38-3)34-12-21(26(27,28)29)32-25(34)37/h5,8-11,14,16,19,21-22H,4,6-7,12-13H2,1-3H3,(H,32,37)(H,33,36)/t14-,19-,21+,22+/m1/s1. The van der Waals surface area contributed by atoms with Crippen LogP contribution in [-0.4, -0.2) is 76.3 Å². The topological polar surface area (TPSA) is 124 Å². The van der Waals surface area contributed by atoms with Crippen molar-refractivity contribution in [1.29, 1.82) is 0 Å². The van der Waals surface area contributed by atoms with Gasteiger partial charge in [-0.3, -0.25) is 9.48 Å². The summed E-state index contributed by atoms with van der Waals surface area (Å²) >= 11 is 0. The van der Waals surface area contributed by atoms with Crippen molar-refractivity contribution >= 4 is 23.0 Å². The summed E-state index contributed by atoms with van der Waals surface area (Å²) < 4.78 is 58.7. The average molecular weight is 565 g/mol. The SMILES string of the molecule is CCn1nccc1C(=O)N[C@H](c1nc2cc([C@@H](COC)N3C[C@@H](C(F)(F)F)NC3=O)ccc2o1)[C@@H](C)OC1CC1. The molecule has 3 amide bonds. The second-order valence-electron chi connectivity index (χ2n) is 9.97. The molecule has 1 aromatic carbocycles. The number of aromatic nitrogens is 3. The molecule has 1 aliphatic carbocycles. The van der Waals surface area contributed by atoms with E-state index >= 15 is 0 Å². The van der Waals surface area contributed by atoms with Crippen molar-refractivity contribution in [3.05, 3.63) is 47.6 Å². The Balaban J connectivity index is 1.43. The highest BCUT2D eigenvalue weighted by Gasteiger charge is 2.48. The van der Waals surface area contributed by atoms with Gasteiger partial charge >= 0.3 is 12.2 Å². The number of methoxy groups -OCH3 is 1. The molecule has 3 heterocycles. The molecule has 1 saturated carbocycles. The lowest BCUT2D eigenvalue weighted by Crippen LogP contribution is -2.40. The highest BCUT2D eigenvalue weighted by molar-refractivity contribution is 5.92. The quantitative estimate of drug-likeness (QED) is 0.364. The number of hydrogen-bond acceptors (Lipinski definition) is 7. The predicted octanol–water partition coefficient (Wildman–Crippen LogP) is 3.73. The van der Waals surface area contributed by atoms with Crippen molar-refractivity contribution < 1.29 is 36.7 Å². The molecular formula is C26H31F3N6O5. The predicted molar refractivity (Wildman–Crippen MR) is 135 cm³/mol. The van der Waals surface area contributed by atoms with E-state index in [9.17, 15) is 22.8 Å². The Morgan fingerprint density at radius 3 is 2.73 bits per heavy atom. The Morgan fingerprint density at radius 2 is 2.08 bits per heavy atom. The molecular weight excluding hydrogens is 533 g/mol. The van der Waals surface area contributed by atoms with Crippen LogP contribution >= 0.6 is 0 Å². The summed E-state index contributed by atoms with van der Waals surface area (Å²) in [6, 6.07) is 2.25. The van der Waals surface area contributed by atoms with Crippen LogP contribution in [0.1, 0.15) is 60.7 Å². The normalized spacial score (nSPS) is 20.0. The Labute approximate surface area is 228 Å². The zero-order chi connectivity index (χ0) is 28.6. The van der Waals surface area contributed by atoms with Crippen molar-refractivity contribution in [2.24, 2.45) is 0 Å². The van der Waals surface area contributed by atoms with Gasteiger partial charge in [0.2, 0.25) is 5.89 Å². The van der Waals surface area contributed by atoms with Crippen LogP contribution < -0.4 is 10.6 Å². The van der Waals surface area contributed by atoms with E-state index in [1.54, 1.807) is 35.1 Å². The minimum atomic E-state index is -4.57. The number of halogens is 3. The maximum Gasteiger partial charge on any atom is 0.410 e. The van der Waals surface area contributed by atoms with Crippen LogP contribution in [0.2, 0.25) is 0 Å². The van der Waals surface area contributed by atoms with Crippen LogP contribution in [0.4, 0.5) is 18.0 Å². The number of benzene rings is 1. The number of ether oxygens (including phenoxy) is 2. The number of aryl methyl sites for hydroxylation is 1. The third kappa shape index (κ3) is 5.77. The lowest BCUT2D eigenvalue weighted by atomic mass is 10.1. The molecule has 2 fully saturated rings. The molecule has 2 N–H and O–H groups in total. The average Bonchev–Trinajstić information content (AvgIpc) is 3.29. The first-order chi connectivity index (χ1) is 19.1. The van der Waals surface area contributed by atoms with E-state index in [4.69, 9.17) is 13.9 Å². The Morgan fingerprint density at radius 1 is 1.30 bits per heavy atom. The van der Waals surface area contributed by atoms with E-state index in [0.717, 1.165) is 17.7 Å². The van der Waals surface area contributed by atoms with E-state index in [1.165, 1.54) is 7.11 Å². The van der Waals surface area contributed by atoms with Gasteiger partial charge in [0.15, 0.2) is 5.58 Å². The van der Waals surface area contributed by atoms with Crippen molar-refractivity contribution in [3.8, 4) is 0 Å². The van der Waals surface area contributed by atoms with Crippen LogP contribution in [0.5, 0.6) is 0 Å². The number of carbonyl (C=O) groups is 2. The number of amides is 3. The lowest BCUT2D eigenvalue weighted by molar-refractivity contribution is -0.150. The van der Waals surface area contributed by atoms with Crippen LogP contribution in [0.25, 0.3) is 11.1 Å². The number of urea groups is 1. The molecule has 0 bridgehead atoms. The third-order valence-electron chi connectivity index (χ3n) is 7.05. The molecule has 216 valence electrons. The van der Waals surface area contributed by atoms with E-state index < -0.39 is 43.0 Å². The summed E-state index contributed by atoms with van der Waals surface area (Å²) in [4.78, 5) is 31.3. The smallest absolute Gasteiger partial charge is 0.410 e. The molecule has 40 heavy (non-hydrogen) atoms. The van der Waals surface area contributed by atoms with Crippen molar-refractivity contribution in [3.63, 3.8) is 0 Å². The molecule has 11 nitrogen and oxygen atoms in total. The van der Waals surface area contributed by atoms with Crippen molar-refractivity contribution in [2.75, 3.05) is 20.3 Å². The molecule has 4 atom stereocenters. The highest BCUT2D eigenvalue weighted by Crippen LogP contribution is 2.34. The first kappa shape index (κ1) is 27.9. The summed E-state index contributed by atoms with van der Waals surface area (Å²) in [5, 5.41) is 9.11. The fraction of sp³-hybridized carbons (Fsp3) is 0.538. The van der Waals surface area contributed by atoms with Gasteiger partial charge in [-0.1, -0.05) is 6.07 Å². The fourth-order valence-electron chi connectivity index (χ4n) is 4.80. The molecule has 2 aromatic heterocycles. The minimum Gasteiger partial charge on any atom is -0.438 e. The zero-order valence-corrected chi connectivity index (χ0v) is 22.3. The molecule has 3 aromatic rings. The molecule has 0 unspecified atom stereocenters. The van der Waals surface area contributed by atoms with Crippen LogP contribution in [0, 0.1) is 0 Å². The third-order valence-corrected chi connectivity index (χ3v) is 7.05. The molecule has 0 radical (unpaired) electrons. The Hall–Kier alpha value is -3.65. The van der Waals surface area contributed by atoms with E-state index in [0.29, 0.717) is 28.9 Å². The van der Waals surface area contributed by atoms with Gasteiger partial charge in [-0.15, -0.1) is 0 Å². The fourth-order valence-corrected chi connectivity index (χ4v) is 4.80. The number of oxazole rings is 1. The summed E-state index contributed by atoms with van der Waals surface area (Å²) in [7, 11) is 1.41. The summed E-state index contributed by atoms with van der Waals surface area (Å²) in [6.45, 7) is 3.66. The molecule has 1 saturated heterocycles. The summed E-state index contributed by atoms with van der Waals surface area (Å²) in [6.07, 6.45) is -1.51. The number of fused-ring (bicyclic) bond motifs is 1. The summed E-state index contributed by atoms with van der Waals surface area (Å²) in [5.41, 5.74) is 1.73. The van der Waals surface area contributed by atoms with Crippen LogP contribution in [0.15, 0.2) is 34.9 Å². The van der Waals surface area contributed by atoms with Crippen LogP contribution in [-0.2, 0) is 16.0 Å². The maximum atomic E-state index is 13.3. The molecule has 1 aliphatic heterocycles. The molecule has 5 rings (SSSR count). The number of hydrogen-bond donors (Lipinski definition) is 2. The maximum absolute atomic E-state index is 13.3. The number of nitrogens with one attached hydrogen (secondary N) is 2. The van der Waals surface area contributed by atoms with Crippen LogP contribution in [0.3, 0.4) is 0 Å². The largest absolute Gasteiger partial charge is 0.438 e. The number of nitrogens with zero attached hydrogens (tertiary/aromatic N) is 4. The Kier molecular flexibility index (Phi) is 7.73. The molecule has 0 spiro atoms. The summed E-state index contributed by atoms with van der Waals surface area (Å²) in [5.74, 6) is -0.145. The highest BCUT2D eigenvalue weighted by atomic mass is 19.4. The first-order valence-corrected chi connectivity index (χ1v) is 13.1. The number of carbonyl (C=O) groups excluding carboxylic acids is 2. The lowest BCUT2D eigenvalue weighted by Gasteiger charge is -2.27. The Bertz CT molecular complexity index is 1370. The zero-order valence-electron chi connectivity index (χ0n) is 22.3. The van der Waals surface area contributed by atoms with Gasteiger partial charge in [0.1, 0.15) is 23.3 Å². The van der Waals surface area contributed by atoms with E-state index in [1.807, 2.05) is 19.2 Å². The van der Waals surface area contributed by atoms with E-state index in [-0.39, 0.29) is 24.5 Å². The van der Waals surface area contributed by atoms with Gasteiger partial charge in [-0.2, -0.15) is 18.3 Å². The van der Waals surface area contributed by atoms with Gasteiger partial charge in [0.05, 0.1) is 31.4 Å². The van der Waals surface area contributed by atoms with Gasteiger partial charge in [0, 0.05) is 19.9 Å². The second-order valence-corrected chi connectivity index (χ2v) is 9.97. The van der Waals surface area contributed by atoms with Gasteiger partial charge in [-0.25, -0.2) is 9.78 Å². The monoisotopic (exact) mass is 564 g/mol. The van der Waals surface area contributed by atoms with Gasteiger partial charge < -0.3 is 29.4 Å². The molecule has 2 aliphatic rings. The molecule has 14 heteroatoms.